The maximum atomic E-state index is 5.72. The monoisotopic (exact) mass is 220 g/mol. The molecule has 0 heterocycles. The average Bonchev–Trinajstić information content (AvgIpc) is 2.26. The van der Waals surface area contributed by atoms with Crippen LogP contribution in [-0.2, 0) is 6.54 Å². The number of hydrogen-bond donors (Lipinski definition) is 1. The highest BCUT2D eigenvalue weighted by Gasteiger charge is 2.08. The minimum atomic E-state index is 0.620. The number of nitrogens with two attached hydrogens (primary N) is 1. The van der Waals surface area contributed by atoms with Gasteiger partial charge in [-0.3, -0.25) is 0 Å². The minimum Gasteiger partial charge on any atom is -0.330 e. The molecule has 0 saturated heterocycles. The molecule has 0 aliphatic carbocycles. The molecule has 0 amide bonds. The van der Waals surface area contributed by atoms with E-state index in [1.165, 1.54) is 11.1 Å². The van der Waals surface area contributed by atoms with Gasteiger partial charge in [0, 0.05) is 13.1 Å². The van der Waals surface area contributed by atoms with Gasteiger partial charge in [-0.25, -0.2) is 0 Å². The van der Waals surface area contributed by atoms with Crippen LogP contribution in [0.25, 0.3) is 0 Å². The predicted molar refractivity (Wildman–Crippen MR) is 70.3 cm³/mol. The highest BCUT2D eigenvalue weighted by Crippen LogP contribution is 2.09. The molecular formula is C14H24N2. The molecule has 0 aliphatic rings. The van der Waals surface area contributed by atoms with Crippen molar-refractivity contribution < 1.29 is 0 Å². The molecule has 0 bridgehead atoms. The molecule has 1 rings (SSSR count). The van der Waals surface area contributed by atoms with Crippen LogP contribution in [-0.4, -0.2) is 25.0 Å². The summed E-state index contributed by atoms with van der Waals surface area (Å²) in [6.45, 7) is 7.23. The van der Waals surface area contributed by atoms with E-state index in [1.807, 2.05) is 0 Å². The summed E-state index contributed by atoms with van der Waals surface area (Å²) in [5.41, 5.74) is 8.44. The van der Waals surface area contributed by atoms with E-state index >= 15 is 0 Å². The summed E-state index contributed by atoms with van der Waals surface area (Å²) in [5.74, 6) is 0.620. The molecule has 0 radical (unpaired) electrons. The van der Waals surface area contributed by atoms with Crippen LogP contribution in [0.1, 0.15) is 24.5 Å². The Morgan fingerprint density at radius 2 is 2.12 bits per heavy atom. The molecule has 0 spiro atoms. The van der Waals surface area contributed by atoms with Gasteiger partial charge in [-0.1, -0.05) is 43.2 Å². The summed E-state index contributed by atoms with van der Waals surface area (Å²) in [6, 6.07) is 8.70. The lowest BCUT2D eigenvalue weighted by Crippen LogP contribution is -2.29. The average molecular weight is 220 g/mol. The van der Waals surface area contributed by atoms with Crippen molar-refractivity contribution in [2.45, 2.75) is 26.8 Å². The molecule has 90 valence electrons. The van der Waals surface area contributed by atoms with Crippen molar-refractivity contribution in [2.24, 2.45) is 11.7 Å². The summed E-state index contributed by atoms with van der Waals surface area (Å²) in [7, 11) is 2.17. The molecule has 0 aromatic heterocycles. The summed E-state index contributed by atoms with van der Waals surface area (Å²) >= 11 is 0. The smallest absolute Gasteiger partial charge is 0.0230 e. The van der Waals surface area contributed by atoms with E-state index in [2.05, 4.69) is 50.1 Å². The standard InChI is InChI=1S/C14H24N2/c1-4-13(9-15)10-16(3)11-14-7-5-6-12(2)8-14/h5-8,13H,4,9-11,15H2,1-3H3. The van der Waals surface area contributed by atoms with Crippen LogP contribution in [0.15, 0.2) is 24.3 Å². The van der Waals surface area contributed by atoms with Crippen molar-refractivity contribution in [1.82, 2.24) is 4.90 Å². The first-order valence-electron chi connectivity index (χ1n) is 6.09. The fraction of sp³-hybridized carbons (Fsp3) is 0.571. The number of aryl methyl sites for hydroxylation is 1. The number of nitrogens with zero attached hydrogens (tertiary/aromatic N) is 1. The second-order valence-electron chi connectivity index (χ2n) is 4.70. The molecule has 1 unspecified atom stereocenters. The summed E-state index contributed by atoms with van der Waals surface area (Å²) in [6.07, 6.45) is 1.16. The van der Waals surface area contributed by atoms with Crippen LogP contribution in [0.5, 0.6) is 0 Å². The molecule has 1 aromatic rings. The van der Waals surface area contributed by atoms with Crippen molar-refractivity contribution in [3.05, 3.63) is 35.4 Å². The van der Waals surface area contributed by atoms with E-state index < -0.39 is 0 Å². The molecular weight excluding hydrogens is 196 g/mol. The van der Waals surface area contributed by atoms with Gasteiger partial charge in [-0.2, -0.15) is 0 Å². The second kappa shape index (κ2) is 6.66. The number of rotatable bonds is 6. The van der Waals surface area contributed by atoms with E-state index in [0.717, 1.165) is 26.1 Å². The highest BCUT2D eigenvalue weighted by atomic mass is 15.1. The van der Waals surface area contributed by atoms with Gasteiger partial charge in [0.25, 0.3) is 0 Å². The predicted octanol–water partition coefficient (Wildman–Crippen LogP) is 2.41. The van der Waals surface area contributed by atoms with Gasteiger partial charge in [0.1, 0.15) is 0 Å². The fourth-order valence-corrected chi connectivity index (χ4v) is 2.00. The van der Waals surface area contributed by atoms with Crippen molar-refractivity contribution in [2.75, 3.05) is 20.1 Å². The Kier molecular flexibility index (Phi) is 5.50. The van der Waals surface area contributed by atoms with Gasteiger partial charge in [0.05, 0.1) is 0 Å². The third kappa shape index (κ3) is 4.33. The number of benzene rings is 1. The zero-order valence-electron chi connectivity index (χ0n) is 10.7. The fourth-order valence-electron chi connectivity index (χ4n) is 2.00. The van der Waals surface area contributed by atoms with E-state index in [9.17, 15) is 0 Å². The zero-order chi connectivity index (χ0) is 12.0. The number of hydrogen-bond acceptors (Lipinski definition) is 2. The lowest BCUT2D eigenvalue weighted by Gasteiger charge is -2.22. The van der Waals surface area contributed by atoms with Crippen molar-refractivity contribution >= 4 is 0 Å². The minimum absolute atomic E-state index is 0.620. The van der Waals surface area contributed by atoms with Crippen LogP contribution >= 0.6 is 0 Å². The van der Waals surface area contributed by atoms with Gasteiger partial charge in [-0.15, -0.1) is 0 Å². The largest absolute Gasteiger partial charge is 0.330 e. The Morgan fingerprint density at radius 3 is 2.69 bits per heavy atom. The lowest BCUT2D eigenvalue weighted by molar-refractivity contribution is 0.268. The Labute approximate surface area is 99.5 Å². The summed E-state index contributed by atoms with van der Waals surface area (Å²) in [5, 5.41) is 0. The van der Waals surface area contributed by atoms with Gasteiger partial charge in [-0.05, 0) is 32.0 Å². The first-order chi connectivity index (χ1) is 7.65. The SMILES string of the molecule is CCC(CN)CN(C)Cc1cccc(C)c1. The first-order valence-corrected chi connectivity index (χ1v) is 6.09. The first kappa shape index (κ1) is 13.2. The van der Waals surface area contributed by atoms with E-state index in [0.29, 0.717) is 5.92 Å². The molecule has 2 nitrogen and oxygen atoms in total. The van der Waals surface area contributed by atoms with Gasteiger partial charge >= 0.3 is 0 Å². The highest BCUT2D eigenvalue weighted by molar-refractivity contribution is 5.21. The van der Waals surface area contributed by atoms with Crippen LogP contribution in [0.3, 0.4) is 0 Å². The Bertz CT molecular complexity index is 305. The van der Waals surface area contributed by atoms with Crippen LogP contribution in [0.4, 0.5) is 0 Å². The van der Waals surface area contributed by atoms with Crippen molar-refractivity contribution in [1.29, 1.82) is 0 Å². The van der Waals surface area contributed by atoms with Crippen LogP contribution < -0.4 is 5.73 Å². The lowest BCUT2D eigenvalue weighted by atomic mass is 10.1. The van der Waals surface area contributed by atoms with Crippen LogP contribution in [0.2, 0.25) is 0 Å². The van der Waals surface area contributed by atoms with Crippen molar-refractivity contribution in [3.63, 3.8) is 0 Å². The van der Waals surface area contributed by atoms with E-state index in [1.54, 1.807) is 0 Å². The van der Waals surface area contributed by atoms with Gasteiger partial charge in [0.2, 0.25) is 0 Å². The summed E-state index contributed by atoms with van der Waals surface area (Å²) in [4.78, 5) is 2.36. The Hall–Kier alpha value is -0.860. The molecule has 0 fully saturated rings. The van der Waals surface area contributed by atoms with Crippen molar-refractivity contribution in [3.8, 4) is 0 Å². The van der Waals surface area contributed by atoms with Crippen LogP contribution in [0, 0.1) is 12.8 Å². The second-order valence-corrected chi connectivity index (χ2v) is 4.70. The molecule has 2 N–H and O–H groups in total. The van der Waals surface area contributed by atoms with Gasteiger partial charge in [0.15, 0.2) is 0 Å². The third-order valence-electron chi connectivity index (χ3n) is 3.02. The molecule has 0 aliphatic heterocycles. The van der Waals surface area contributed by atoms with Gasteiger partial charge < -0.3 is 10.6 Å². The molecule has 2 heteroatoms. The van der Waals surface area contributed by atoms with E-state index in [4.69, 9.17) is 5.73 Å². The molecule has 16 heavy (non-hydrogen) atoms. The molecule has 1 atom stereocenters. The maximum Gasteiger partial charge on any atom is 0.0230 e. The summed E-state index contributed by atoms with van der Waals surface area (Å²) < 4.78 is 0. The van der Waals surface area contributed by atoms with E-state index in [-0.39, 0.29) is 0 Å². The zero-order valence-corrected chi connectivity index (χ0v) is 10.7. The topological polar surface area (TPSA) is 29.3 Å². The third-order valence-corrected chi connectivity index (χ3v) is 3.02. The Morgan fingerprint density at radius 1 is 1.38 bits per heavy atom. The molecule has 1 aromatic carbocycles. The normalized spacial score (nSPS) is 13.1. The quantitative estimate of drug-likeness (QED) is 0.797. The molecule has 0 saturated carbocycles. The maximum absolute atomic E-state index is 5.72. The Balaban J connectivity index is 2.47.